The first-order chi connectivity index (χ1) is 5.04. The molecule has 0 amide bonds. The molecule has 0 aliphatic rings. The fraction of sp³-hybridized carbons (Fsp3) is 0.714. The average Bonchev–Trinajstić information content (AvgIpc) is 2.32. The molecular weight excluding hydrogens is 144 g/mol. The lowest BCUT2D eigenvalue weighted by Gasteiger charge is -2.09. The summed E-state index contributed by atoms with van der Waals surface area (Å²) in [5, 5.41) is 13.0. The van der Waals surface area contributed by atoms with E-state index in [1.807, 2.05) is 6.92 Å². The van der Waals surface area contributed by atoms with Crippen LogP contribution >= 0.6 is 0 Å². The molecule has 4 heteroatoms. The van der Waals surface area contributed by atoms with Gasteiger partial charge in [0.1, 0.15) is 5.60 Å². The van der Waals surface area contributed by atoms with Gasteiger partial charge in [0.05, 0.1) is 0 Å². The number of nitrogens with zero attached hydrogens (tertiary/aromatic N) is 2. The van der Waals surface area contributed by atoms with Crippen LogP contribution in [0.4, 0.5) is 0 Å². The van der Waals surface area contributed by atoms with Crippen LogP contribution in [0, 0.1) is 0 Å². The normalized spacial score (nSPS) is 12.0. The first-order valence-corrected chi connectivity index (χ1v) is 3.59. The third kappa shape index (κ3) is 1.77. The van der Waals surface area contributed by atoms with Crippen molar-refractivity contribution in [3.05, 3.63) is 11.7 Å². The first kappa shape index (κ1) is 8.20. The van der Waals surface area contributed by atoms with E-state index in [4.69, 9.17) is 4.52 Å². The molecule has 11 heavy (non-hydrogen) atoms. The van der Waals surface area contributed by atoms with Crippen molar-refractivity contribution >= 4 is 0 Å². The molecule has 1 rings (SSSR count). The summed E-state index contributed by atoms with van der Waals surface area (Å²) < 4.78 is 4.82. The lowest BCUT2D eigenvalue weighted by atomic mass is 10.1. The Morgan fingerprint density at radius 3 is 2.45 bits per heavy atom. The third-order valence-corrected chi connectivity index (χ3v) is 1.32. The predicted octanol–water partition coefficient (Wildman–Crippen LogP) is 0.859. The second-order valence-electron chi connectivity index (χ2n) is 2.92. The topological polar surface area (TPSA) is 59.2 Å². The summed E-state index contributed by atoms with van der Waals surface area (Å²) in [5.74, 6) is 0.900. The minimum atomic E-state index is -1.00. The fourth-order valence-electron chi connectivity index (χ4n) is 0.647. The van der Waals surface area contributed by atoms with Gasteiger partial charge in [0, 0.05) is 6.42 Å². The zero-order valence-electron chi connectivity index (χ0n) is 6.96. The Morgan fingerprint density at radius 2 is 2.18 bits per heavy atom. The summed E-state index contributed by atoms with van der Waals surface area (Å²) in [5.41, 5.74) is -1.00. The largest absolute Gasteiger partial charge is 0.382 e. The van der Waals surface area contributed by atoms with Crippen LogP contribution in [0.15, 0.2) is 4.52 Å². The zero-order chi connectivity index (χ0) is 8.48. The van der Waals surface area contributed by atoms with E-state index in [-0.39, 0.29) is 0 Å². The summed E-state index contributed by atoms with van der Waals surface area (Å²) in [7, 11) is 0. The fourth-order valence-corrected chi connectivity index (χ4v) is 0.647. The lowest BCUT2D eigenvalue weighted by Crippen LogP contribution is -2.17. The Morgan fingerprint density at radius 1 is 1.55 bits per heavy atom. The number of aromatic nitrogens is 2. The van der Waals surface area contributed by atoms with E-state index in [0.717, 1.165) is 0 Å². The molecule has 62 valence electrons. The molecule has 0 aliphatic carbocycles. The number of aliphatic hydroxyl groups is 1. The Balaban J connectivity index is 2.89. The molecule has 0 aromatic carbocycles. The van der Waals surface area contributed by atoms with Crippen molar-refractivity contribution in [2.24, 2.45) is 0 Å². The maximum Gasteiger partial charge on any atom is 0.226 e. The molecule has 1 N–H and O–H groups in total. The van der Waals surface area contributed by atoms with E-state index in [0.29, 0.717) is 18.1 Å². The van der Waals surface area contributed by atoms with E-state index in [9.17, 15) is 5.11 Å². The molecule has 4 nitrogen and oxygen atoms in total. The molecule has 0 atom stereocenters. The highest BCUT2D eigenvalue weighted by Gasteiger charge is 2.22. The van der Waals surface area contributed by atoms with Gasteiger partial charge in [0.15, 0.2) is 0 Å². The molecule has 1 heterocycles. The molecule has 1 aromatic heterocycles. The van der Waals surface area contributed by atoms with Crippen LogP contribution in [0.2, 0.25) is 0 Å². The number of aryl methyl sites for hydroxylation is 1. The zero-order valence-corrected chi connectivity index (χ0v) is 6.96. The van der Waals surface area contributed by atoms with Crippen LogP contribution in [0.1, 0.15) is 32.5 Å². The molecular formula is C7H12N2O2. The summed E-state index contributed by atoms with van der Waals surface area (Å²) >= 11 is 0. The van der Waals surface area contributed by atoms with Gasteiger partial charge in [-0.05, 0) is 13.8 Å². The van der Waals surface area contributed by atoms with Crippen LogP contribution < -0.4 is 0 Å². The van der Waals surface area contributed by atoms with E-state index < -0.39 is 5.60 Å². The summed E-state index contributed by atoms with van der Waals surface area (Å²) in [4.78, 5) is 3.97. The van der Waals surface area contributed by atoms with Crippen LogP contribution in [0.25, 0.3) is 0 Å². The van der Waals surface area contributed by atoms with E-state index in [1.165, 1.54) is 0 Å². The van der Waals surface area contributed by atoms with Gasteiger partial charge in [-0.3, -0.25) is 0 Å². The summed E-state index contributed by atoms with van der Waals surface area (Å²) in [6.45, 7) is 5.16. The highest BCUT2D eigenvalue weighted by molar-refractivity contribution is 4.95. The molecule has 0 unspecified atom stereocenters. The van der Waals surface area contributed by atoms with Crippen molar-refractivity contribution in [2.45, 2.75) is 32.8 Å². The maximum atomic E-state index is 9.41. The Labute approximate surface area is 65.2 Å². The lowest BCUT2D eigenvalue weighted by molar-refractivity contribution is 0.0661. The van der Waals surface area contributed by atoms with E-state index in [2.05, 4.69) is 10.1 Å². The SMILES string of the molecule is CCc1nc(C(C)(C)O)no1. The van der Waals surface area contributed by atoms with Gasteiger partial charge >= 0.3 is 0 Å². The van der Waals surface area contributed by atoms with Crippen molar-refractivity contribution in [2.75, 3.05) is 0 Å². The van der Waals surface area contributed by atoms with Gasteiger partial charge in [0.2, 0.25) is 11.7 Å². The number of rotatable bonds is 2. The van der Waals surface area contributed by atoms with Crippen molar-refractivity contribution < 1.29 is 9.63 Å². The third-order valence-electron chi connectivity index (χ3n) is 1.32. The number of hydrogen-bond donors (Lipinski definition) is 1. The van der Waals surface area contributed by atoms with Gasteiger partial charge in [-0.25, -0.2) is 0 Å². The summed E-state index contributed by atoms with van der Waals surface area (Å²) in [6, 6.07) is 0. The Kier molecular flexibility index (Phi) is 1.95. The molecule has 0 saturated heterocycles. The maximum absolute atomic E-state index is 9.41. The molecule has 0 spiro atoms. The van der Waals surface area contributed by atoms with Gasteiger partial charge in [0.25, 0.3) is 0 Å². The molecule has 0 bridgehead atoms. The van der Waals surface area contributed by atoms with Crippen LogP contribution in [-0.2, 0) is 12.0 Å². The quantitative estimate of drug-likeness (QED) is 0.689. The van der Waals surface area contributed by atoms with E-state index >= 15 is 0 Å². The first-order valence-electron chi connectivity index (χ1n) is 3.59. The standard InChI is InChI=1S/C7H12N2O2/c1-4-5-8-6(9-11-5)7(2,3)10/h10H,4H2,1-3H3. The van der Waals surface area contributed by atoms with Crippen LogP contribution in [-0.4, -0.2) is 15.2 Å². The minimum absolute atomic E-state index is 0.342. The second kappa shape index (κ2) is 2.62. The van der Waals surface area contributed by atoms with Gasteiger partial charge in [-0.15, -0.1) is 0 Å². The van der Waals surface area contributed by atoms with Gasteiger partial charge in [-0.1, -0.05) is 12.1 Å². The second-order valence-corrected chi connectivity index (χ2v) is 2.92. The Hall–Kier alpha value is -0.900. The summed E-state index contributed by atoms with van der Waals surface area (Å²) in [6.07, 6.45) is 0.697. The monoisotopic (exact) mass is 156 g/mol. The Bertz CT molecular complexity index is 237. The highest BCUT2D eigenvalue weighted by Crippen LogP contribution is 2.15. The smallest absolute Gasteiger partial charge is 0.226 e. The number of hydrogen-bond acceptors (Lipinski definition) is 4. The predicted molar refractivity (Wildman–Crippen MR) is 38.9 cm³/mol. The van der Waals surface area contributed by atoms with E-state index in [1.54, 1.807) is 13.8 Å². The van der Waals surface area contributed by atoms with Crippen molar-refractivity contribution in [1.82, 2.24) is 10.1 Å². The average molecular weight is 156 g/mol. The molecule has 0 radical (unpaired) electrons. The molecule has 0 aliphatic heterocycles. The van der Waals surface area contributed by atoms with Crippen LogP contribution in [0.3, 0.4) is 0 Å². The van der Waals surface area contributed by atoms with Crippen LogP contribution in [0.5, 0.6) is 0 Å². The molecule has 0 fully saturated rings. The van der Waals surface area contributed by atoms with Crippen molar-refractivity contribution in [3.63, 3.8) is 0 Å². The minimum Gasteiger partial charge on any atom is -0.382 e. The van der Waals surface area contributed by atoms with Gasteiger partial charge in [-0.2, -0.15) is 4.98 Å². The van der Waals surface area contributed by atoms with Gasteiger partial charge < -0.3 is 9.63 Å². The highest BCUT2D eigenvalue weighted by atomic mass is 16.5. The molecule has 0 saturated carbocycles. The van der Waals surface area contributed by atoms with Crippen molar-refractivity contribution in [1.29, 1.82) is 0 Å². The van der Waals surface area contributed by atoms with Crippen molar-refractivity contribution in [3.8, 4) is 0 Å². The molecule has 1 aromatic rings.